The molecule has 136 valence electrons. The first-order valence-corrected chi connectivity index (χ1v) is 7.93. The van der Waals surface area contributed by atoms with Gasteiger partial charge >= 0.3 is 0 Å². The van der Waals surface area contributed by atoms with Crippen molar-refractivity contribution in [1.29, 1.82) is 5.26 Å². The van der Waals surface area contributed by atoms with E-state index in [4.69, 9.17) is 14.7 Å². The van der Waals surface area contributed by atoms with Gasteiger partial charge in [0, 0.05) is 30.0 Å². The molecule has 0 aliphatic heterocycles. The zero-order valence-corrected chi connectivity index (χ0v) is 14.3. The average molecular weight is 361 g/mol. The number of nitrogens with zero attached hydrogens (tertiary/aromatic N) is 3. The summed E-state index contributed by atoms with van der Waals surface area (Å²) < 4.78 is 38.4. The first-order chi connectivity index (χ1) is 12.6. The van der Waals surface area contributed by atoms with Crippen LogP contribution in [0.3, 0.4) is 0 Å². The fourth-order valence-electron chi connectivity index (χ4n) is 2.38. The number of ether oxygens (including phenoxy) is 2. The van der Waals surface area contributed by atoms with Gasteiger partial charge in [-0.2, -0.15) is 19.0 Å². The minimum absolute atomic E-state index is 0.0813. The molecule has 0 amide bonds. The molecular formula is C17H17F2N5O2. The number of halogens is 2. The van der Waals surface area contributed by atoms with Crippen LogP contribution < -0.4 is 20.1 Å². The van der Waals surface area contributed by atoms with E-state index in [2.05, 4.69) is 20.6 Å². The molecule has 2 aromatic rings. The summed E-state index contributed by atoms with van der Waals surface area (Å²) in [4.78, 5) is 7.64. The summed E-state index contributed by atoms with van der Waals surface area (Å²) in [6.45, 7) is 0.0813. The third-order valence-electron chi connectivity index (χ3n) is 3.90. The van der Waals surface area contributed by atoms with Crippen LogP contribution in [0, 0.1) is 23.0 Å². The van der Waals surface area contributed by atoms with Crippen molar-refractivity contribution in [3.05, 3.63) is 35.2 Å². The molecule has 0 atom stereocenters. The summed E-state index contributed by atoms with van der Waals surface area (Å²) in [5.41, 5.74) is 1.24. The van der Waals surface area contributed by atoms with Gasteiger partial charge in [0.05, 0.1) is 14.2 Å². The molecule has 26 heavy (non-hydrogen) atoms. The molecule has 0 bridgehead atoms. The number of rotatable bonds is 7. The zero-order valence-electron chi connectivity index (χ0n) is 14.3. The molecule has 0 aromatic carbocycles. The van der Waals surface area contributed by atoms with Gasteiger partial charge in [0.15, 0.2) is 0 Å². The Kier molecular flexibility index (Phi) is 5.02. The van der Waals surface area contributed by atoms with Crippen LogP contribution in [0.25, 0.3) is 0 Å². The standard InChI is InChI=1S/C17H17F2N5O2/c1-25-16-13(18)15(14(19)17(24-16)26-2)22-8-9-7-21-11(6-20)5-12(9)23-10-3-4-10/h5,7,10H,3-4,8H2,1-2H3,(H,21,23)(H,22,24). The largest absolute Gasteiger partial charge is 0.479 e. The van der Waals surface area contributed by atoms with Crippen LogP contribution in [0.1, 0.15) is 24.1 Å². The van der Waals surface area contributed by atoms with Crippen molar-refractivity contribution in [2.45, 2.75) is 25.4 Å². The predicted molar refractivity (Wildman–Crippen MR) is 90.2 cm³/mol. The molecule has 2 aromatic heterocycles. The second kappa shape index (κ2) is 7.39. The van der Waals surface area contributed by atoms with Crippen LogP contribution in [0.15, 0.2) is 12.3 Å². The van der Waals surface area contributed by atoms with E-state index in [1.165, 1.54) is 20.4 Å². The number of nitriles is 1. The first-order valence-electron chi connectivity index (χ1n) is 7.93. The first kappa shape index (κ1) is 17.7. The maximum Gasteiger partial charge on any atom is 0.255 e. The molecule has 9 heteroatoms. The topological polar surface area (TPSA) is 92.1 Å². The van der Waals surface area contributed by atoms with E-state index >= 15 is 0 Å². The lowest BCUT2D eigenvalue weighted by atomic mass is 10.2. The SMILES string of the molecule is COc1nc(OC)c(F)c(NCc2cnc(C#N)cc2NC2CC2)c1F. The number of aromatic nitrogens is 2. The number of nitrogens with one attached hydrogen (secondary N) is 2. The molecule has 3 rings (SSSR count). The molecule has 2 heterocycles. The number of methoxy groups -OCH3 is 2. The third-order valence-corrected chi connectivity index (χ3v) is 3.90. The quantitative estimate of drug-likeness (QED) is 0.783. The Balaban J connectivity index is 1.88. The highest BCUT2D eigenvalue weighted by molar-refractivity contribution is 5.58. The highest BCUT2D eigenvalue weighted by Crippen LogP contribution is 2.33. The van der Waals surface area contributed by atoms with Gasteiger partial charge in [0.1, 0.15) is 17.5 Å². The highest BCUT2D eigenvalue weighted by Gasteiger charge is 2.24. The Hall–Kier alpha value is -3.15. The molecule has 7 nitrogen and oxygen atoms in total. The third kappa shape index (κ3) is 3.59. The molecule has 0 saturated heterocycles. The number of pyridine rings is 2. The van der Waals surface area contributed by atoms with E-state index in [9.17, 15) is 8.78 Å². The van der Waals surface area contributed by atoms with E-state index in [1.54, 1.807) is 6.07 Å². The average Bonchev–Trinajstić information content (AvgIpc) is 3.46. The van der Waals surface area contributed by atoms with E-state index in [0.717, 1.165) is 12.8 Å². The minimum atomic E-state index is -0.955. The lowest BCUT2D eigenvalue weighted by Gasteiger charge is -2.15. The van der Waals surface area contributed by atoms with Gasteiger partial charge in [-0.15, -0.1) is 0 Å². The Bertz CT molecular complexity index is 837. The second-order valence-electron chi connectivity index (χ2n) is 5.74. The monoisotopic (exact) mass is 361 g/mol. The molecule has 1 saturated carbocycles. The maximum atomic E-state index is 14.4. The molecule has 0 unspecified atom stereocenters. The Labute approximate surface area is 149 Å². The maximum absolute atomic E-state index is 14.4. The number of hydrogen-bond donors (Lipinski definition) is 2. The highest BCUT2D eigenvalue weighted by atomic mass is 19.1. The van der Waals surface area contributed by atoms with Gasteiger partial charge in [-0.25, -0.2) is 4.98 Å². The summed E-state index contributed by atoms with van der Waals surface area (Å²) in [6, 6.07) is 3.94. The Morgan fingerprint density at radius 3 is 2.42 bits per heavy atom. The molecule has 1 fully saturated rings. The van der Waals surface area contributed by atoms with Crippen molar-refractivity contribution in [3.8, 4) is 17.8 Å². The molecule has 1 aliphatic rings. The van der Waals surface area contributed by atoms with Gasteiger partial charge in [-0.1, -0.05) is 0 Å². The van der Waals surface area contributed by atoms with Crippen LogP contribution >= 0.6 is 0 Å². The summed E-state index contributed by atoms with van der Waals surface area (Å²) in [5.74, 6) is -2.66. The van der Waals surface area contributed by atoms with E-state index in [1.807, 2.05) is 6.07 Å². The summed E-state index contributed by atoms with van der Waals surface area (Å²) in [6.07, 6.45) is 3.58. The van der Waals surface area contributed by atoms with Crippen LogP contribution in [-0.4, -0.2) is 30.2 Å². The lowest BCUT2D eigenvalue weighted by Crippen LogP contribution is -2.11. The van der Waals surface area contributed by atoms with Crippen LogP contribution in [-0.2, 0) is 6.54 Å². The summed E-state index contributed by atoms with van der Waals surface area (Å²) in [5, 5.41) is 15.0. The van der Waals surface area contributed by atoms with Crippen molar-refractivity contribution in [2.24, 2.45) is 0 Å². The number of anilines is 2. The lowest BCUT2D eigenvalue weighted by molar-refractivity contribution is 0.330. The van der Waals surface area contributed by atoms with Crippen molar-refractivity contribution in [3.63, 3.8) is 0 Å². The number of hydrogen-bond acceptors (Lipinski definition) is 7. The summed E-state index contributed by atoms with van der Waals surface area (Å²) >= 11 is 0. The Morgan fingerprint density at radius 2 is 1.88 bits per heavy atom. The minimum Gasteiger partial charge on any atom is -0.479 e. The Morgan fingerprint density at radius 1 is 1.23 bits per heavy atom. The molecule has 0 spiro atoms. The van der Waals surface area contributed by atoms with Crippen LogP contribution in [0.4, 0.5) is 20.2 Å². The smallest absolute Gasteiger partial charge is 0.255 e. The van der Waals surface area contributed by atoms with Gasteiger partial charge in [0.2, 0.25) is 11.6 Å². The second-order valence-corrected chi connectivity index (χ2v) is 5.74. The van der Waals surface area contributed by atoms with E-state index in [0.29, 0.717) is 17.3 Å². The predicted octanol–water partition coefficient (Wildman–Crippen LogP) is 2.83. The van der Waals surface area contributed by atoms with Gasteiger partial charge in [-0.05, 0) is 18.9 Å². The van der Waals surface area contributed by atoms with Crippen molar-refractivity contribution >= 4 is 11.4 Å². The van der Waals surface area contributed by atoms with Crippen LogP contribution in [0.2, 0.25) is 0 Å². The van der Waals surface area contributed by atoms with Crippen molar-refractivity contribution in [2.75, 3.05) is 24.9 Å². The van der Waals surface area contributed by atoms with Gasteiger partial charge in [0.25, 0.3) is 11.8 Å². The normalized spacial score (nSPS) is 13.0. The zero-order chi connectivity index (χ0) is 18.7. The molecule has 1 aliphatic carbocycles. The van der Waals surface area contributed by atoms with Gasteiger partial charge in [-0.3, -0.25) is 0 Å². The molecular weight excluding hydrogens is 344 g/mol. The van der Waals surface area contributed by atoms with Crippen LogP contribution in [0.5, 0.6) is 11.8 Å². The molecule has 2 N–H and O–H groups in total. The van der Waals surface area contributed by atoms with Crippen molar-refractivity contribution < 1.29 is 18.3 Å². The fraction of sp³-hybridized carbons (Fsp3) is 0.353. The van der Waals surface area contributed by atoms with E-state index in [-0.39, 0.29) is 24.0 Å². The molecule has 0 radical (unpaired) electrons. The summed E-state index contributed by atoms with van der Waals surface area (Å²) in [7, 11) is 2.46. The fourth-order valence-corrected chi connectivity index (χ4v) is 2.38. The van der Waals surface area contributed by atoms with Gasteiger partial charge < -0.3 is 20.1 Å². The van der Waals surface area contributed by atoms with E-state index < -0.39 is 17.3 Å². The van der Waals surface area contributed by atoms with Crippen molar-refractivity contribution in [1.82, 2.24) is 9.97 Å².